The van der Waals surface area contributed by atoms with E-state index in [2.05, 4.69) is 44.8 Å². The summed E-state index contributed by atoms with van der Waals surface area (Å²) in [5.74, 6) is 3.37. The molecule has 0 saturated carbocycles. The maximum absolute atomic E-state index is 11.2. The zero-order valence-electron chi connectivity index (χ0n) is 29.1. The molecule has 0 fully saturated rings. The molecule has 6 nitrogen and oxygen atoms in total. The Morgan fingerprint density at radius 2 is 1.04 bits per heavy atom. The fourth-order valence-corrected chi connectivity index (χ4v) is 15.0. The van der Waals surface area contributed by atoms with Crippen LogP contribution in [0.2, 0.25) is 17.6 Å². The predicted molar refractivity (Wildman–Crippen MR) is 216 cm³/mol. The van der Waals surface area contributed by atoms with Gasteiger partial charge in [-0.1, -0.05) is 84.0 Å². The zero-order chi connectivity index (χ0) is 34.9. The normalized spacial score (nSPS) is 15.7. The number of halogens is 3. The maximum atomic E-state index is 11.2. The van der Waals surface area contributed by atoms with E-state index >= 15 is 0 Å². The SMILES string of the molecule is CCC(CCCCCS)C(CCC(CCCCCS)C[Si](O)(O)OCCC(CCCCCCS)C[Si](Cl)(Cl)Cl)[Si](OC)(OC)OC. The average molecular weight is 823 g/mol. The van der Waals surface area contributed by atoms with Gasteiger partial charge in [-0.05, 0) is 73.2 Å². The number of hydrogen-bond acceptors (Lipinski definition) is 9. The third-order valence-corrected chi connectivity index (χ3v) is 17.8. The summed E-state index contributed by atoms with van der Waals surface area (Å²) in [5, 5.41) is 0. The fraction of sp³-hybridized carbons (Fsp3) is 1.00. The van der Waals surface area contributed by atoms with Gasteiger partial charge >= 0.3 is 23.6 Å². The van der Waals surface area contributed by atoms with Crippen LogP contribution in [0, 0.1) is 17.8 Å². The third kappa shape index (κ3) is 23.0. The van der Waals surface area contributed by atoms with Crippen LogP contribution in [0.3, 0.4) is 0 Å². The molecule has 0 radical (unpaired) electrons. The van der Waals surface area contributed by atoms with Crippen LogP contribution >= 0.6 is 71.1 Å². The highest BCUT2D eigenvalue weighted by Crippen LogP contribution is 2.42. The molecule has 0 heterocycles. The quantitative estimate of drug-likeness (QED) is 0.0197. The van der Waals surface area contributed by atoms with E-state index in [1.165, 1.54) is 0 Å². The van der Waals surface area contributed by atoms with Crippen LogP contribution in [0.1, 0.15) is 116 Å². The Balaban J connectivity index is 5.61. The maximum Gasteiger partial charge on any atom is 0.503 e. The topological polar surface area (TPSA) is 77.4 Å². The van der Waals surface area contributed by atoms with E-state index in [1.807, 2.05) is 0 Å². The van der Waals surface area contributed by atoms with Crippen molar-refractivity contribution < 1.29 is 27.3 Å². The summed E-state index contributed by atoms with van der Waals surface area (Å²) in [7, 11) is -1.77. The number of unbranched alkanes of at least 4 members (excludes halogenated alkanes) is 7. The zero-order valence-corrected chi connectivity index (χ0v) is 37.0. The van der Waals surface area contributed by atoms with E-state index in [-0.39, 0.29) is 30.0 Å². The standard InChI is InChI=1S/C31H67Cl3O6S3Si3/c1-5-30(18-12-9-15-25-43)31(46(37-2,38-3)39-4)20-19-28(16-11-8-14-24-42)27-45(35,36)40-22-21-29(26-44(32,33)34)17-10-6-7-13-23-41/h28-31,35-36,41-43H,5-27H2,1-4H3. The van der Waals surface area contributed by atoms with E-state index in [1.54, 1.807) is 21.3 Å². The van der Waals surface area contributed by atoms with Crippen molar-refractivity contribution in [2.24, 2.45) is 17.8 Å². The highest BCUT2D eigenvalue weighted by atomic mass is 35.8. The minimum atomic E-state index is -3.92. The first-order valence-corrected chi connectivity index (χ1v) is 28.5. The Morgan fingerprint density at radius 3 is 1.50 bits per heavy atom. The van der Waals surface area contributed by atoms with Crippen LogP contribution in [0.4, 0.5) is 0 Å². The van der Waals surface area contributed by atoms with Gasteiger partial charge < -0.3 is 27.3 Å². The molecular formula is C31H67Cl3O6S3Si3. The van der Waals surface area contributed by atoms with Crippen LogP contribution in [0.15, 0.2) is 0 Å². The predicted octanol–water partition coefficient (Wildman–Crippen LogP) is 10.1. The molecule has 0 aliphatic heterocycles. The molecule has 0 amide bonds. The smallest absolute Gasteiger partial charge is 0.390 e. The summed E-state index contributed by atoms with van der Waals surface area (Å²) in [6, 6.07) is -1.98. The highest BCUT2D eigenvalue weighted by molar-refractivity contribution is 7.80. The Bertz CT molecular complexity index is 708. The van der Waals surface area contributed by atoms with Gasteiger partial charge in [0.2, 0.25) is 0 Å². The summed E-state index contributed by atoms with van der Waals surface area (Å²) in [4.78, 5) is 22.4. The van der Waals surface area contributed by atoms with Gasteiger partial charge in [-0.15, -0.1) is 33.2 Å². The van der Waals surface area contributed by atoms with Crippen molar-refractivity contribution in [2.45, 2.75) is 134 Å². The second-order valence-corrected chi connectivity index (χ2v) is 28.7. The number of rotatable bonds is 33. The fourth-order valence-electron chi connectivity index (χ4n) is 6.67. The van der Waals surface area contributed by atoms with Crippen molar-refractivity contribution in [1.82, 2.24) is 0 Å². The molecular weight excluding hydrogens is 755 g/mol. The van der Waals surface area contributed by atoms with E-state index in [4.69, 9.17) is 50.9 Å². The molecule has 4 unspecified atom stereocenters. The number of hydrogen-bond donors (Lipinski definition) is 5. The third-order valence-electron chi connectivity index (χ3n) is 9.25. The highest BCUT2D eigenvalue weighted by Gasteiger charge is 2.50. The molecule has 4 atom stereocenters. The molecule has 46 heavy (non-hydrogen) atoms. The van der Waals surface area contributed by atoms with Crippen LogP contribution in [0.25, 0.3) is 0 Å². The number of thiol groups is 3. The minimum absolute atomic E-state index is 0.110. The largest absolute Gasteiger partial charge is 0.503 e. The Labute approximate surface area is 316 Å². The Hall–Kier alpha value is 2.33. The van der Waals surface area contributed by atoms with Gasteiger partial charge in [-0.2, -0.15) is 37.9 Å². The first kappa shape index (κ1) is 48.3. The van der Waals surface area contributed by atoms with Crippen molar-refractivity contribution in [2.75, 3.05) is 45.2 Å². The van der Waals surface area contributed by atoms with Crippen molar-refractivity contribution in [3.05, 3.63) is 0 Å². The molecule has 0 saturated heterocycles. The lowest BCUT2D eigenvalue weighted by Crippen LogP contribution is -2.50. The van der Waals surface area contributed by atoms with Gasteiger partial charge in [0, 0.05) is 39.5 Å². The summed E-state index contributed by atoms with van der Waals surface area (Å²) < 4.78 is 24.0. The van der Waals surface area contributed by atoms with Gasteiger partial charge in [0.1, 0.15) is 0 Å². The Kier molecular flexibility index (Phi) is 30.3. The van der Waals surface area contributed by atoms with E-state index in [0.29, 0.717) is 18.4 Å². The molecule has 0 aliphatic rings. The molecule has 0 bridgehead atoms. The summed E-state index contributed by atoms with van der Waals surface area (Å²) in [6.45, 7) is 2.50. The van der Waals surface area contributed by atoms with Crippen LogP contribution in [-0.4, -0.2) is 78.4 Å². The van der Waals surface area contributed by atoms with Crippen LogP contribution in [0.5, 0.6) is 0 Å². The van der Waals surface area contributed by atoms with Gasteiger partial charge in [0.05, 0.1) is 0 Å². The Morgan fingerprint density at radius 1 is 0.587 bits per heavy atom. The first-order valence-electron chi connectivity index (χ1n) is 17.5. The lowest BCUT2D eigenvalue weighted by Gasteiger charge is -2.38. The van der Waals surface area contributed by atoms with E-state index < -0.39 is 23.6 Å². The lowest BCUT2D eigenvalue weighted by atomic mass is 9.89. The molecule has 2 N–H and O–H groups in total. The lowest BCUT2D eigenvalue weighted by molar-refractivity contribution is 0.0947. The second-order valence-electron chi connectivity index (χ2n) is 12.8. The molecule has 0 spiro atoms. The average Bonchev–Trinajstić information content (AvgIpc) is 3.00. The van der Waals surface area contributed by atoms with Gasteiger partial charge in [0.15, 0.2) is 0 Å². The van der Waals surface area contributed by atoms with E-state index in [9.17, 15) is 9.59 Å². The molecule has 0 aliphatic carbocycles. The second kappa shape index (κ2) is 28.9. The minimum Gasteiger partial charge on any atom is -0.390 e. The summed E-state index contributed by atoms with van der Waals surface area (Å²) in [5.41, 5.74) is 0.127. The molecule has 15 heteroatoms. The van der Waals surface area contributed by atoms with Gasteiger partial charge in [-0.25, -0.2) is 0 Å². The molecule has 0 aromatic heterocycles. The van der Waals surface area contributed by atoms with Crippen LogP contribution < -0.4 is 0 Å². The van der Waals surface area contributed by atoms with Crippen molar-refractivity contribution in [3.8, 4) is 0 Å². The first-order chi connectivity index (χ1) is 21.9. The molecule has 0 aromatic rings. The van der Waals surface area contributed by atoms with Crippen molar-refractivity contribution in [1.29, 1.82) is 0 Å². The summed E-state index contributed by atoms with van der Waals surface area (Å²) in [6.07, 6.45) is 17.3. The monoisotopic (exact) mass is 820 g/mol. The molecule has 0 rings (SSSR count). The molecule has 0 aromatic carbocycles. The summed E-state index contributed by atoms with van der Waals surface area (Å²) >= 11 is 31.9. The van der Waals surface area contributed by atoms with Crippen molar-refractivity contribution >= 4 is 94.7 Å². The van der Waals surface area contributed by atoms with Gasteiger partial charge in [-0.3, -0.25) is 0 Å². The molecule has 278 valence electrons. The van der Waals surface area contributed by atoms with Crippen LogP contribution in [-0.2, 0) is 17.7 Å². The van der Waals surface area contributed by atoms with Gasteiger partial charge in [0.25, 0.3) is 0 Å². The van der Waals surface area contributed by atoms with E-state index in [0.717, 1.165) is 120 Å². The van der Waals surface area contributed by atoms with Crippen molar-refractivity contribution in [3.63, 3.8) is 0 Å².